The van der Waals surface area contributed by atoms with Gasteiger partial charge in [-0.05, 0) is 62.9 Å². The van der Waals surface area contributed by atoms with Gasteiger partial charge in [0.05, 0.1) is 32.7 Å². The van der Waals surface area contributed by atoms with E-state index in [2.05, 4.69) is 45.5 Å². The molecular formula is C44H50Cl2N12O. The molecule has 0 amide bonds. The second-order valence-corrected chi connectivity index (χ2v) is 15.4. The summed E-state index contributed by atoms with van der Waals surface area (Å²) in [4.78, 5) is 28.5. The number of aromatic nitrogens is 7. The van der Waals surface area contributed by atoms with E-state index in [0.717, 1.165) is 75.3 Å². The predicted molar refractivity (Wildman–Crippen MR) is 242 cm³/mol. The van der Waals surface area contributed by atoms with Crippen LogP contribution in [-0.4, -0.2) is 53.1 Å². The molecule has 7 aromatic rings. The molecule has 0 saturated heterocycles. The Hall–Kier alpha value is -6.02. The molecule has 4 aromatic heterocycles. The topological polar surface area (TPSA) is 215 Å². The highest BCUT2D eigenvalue weighted by Gasteiger charge is 2.17. The van der Waals surface area contributed by atoms with Gasteiger partial charge in [0.2, 0.25) is 17.8 Å². The summed E-state index contributed by atoms with van der Waals surface area (Å²) >= 11 is 12.3. The Morgan fingerprint density at radius 1 is 0.729 bits per heavy atom. The first-order valence-corrected chi connectivity index (χ1v) is 20.3. The van der Waals surface area contributed by atoms with Crippen molar-refractivity contribution in [1.82, 2.24) is 34.9 Å². The Kier molecular flexibility index (Phi) is 13.8. The molecule has 0 bridgehead atoms. The number of H-pyrrole nitrogens is 1. The van der Waals surface area contributed by atoms with Gasteiger partial charge < -0.3 is 37.9 Å². The number of nitrogen functional groups attached to an aromatic ring is 3. The van der Waals surface area contributed by atoms with Gasteiger partial charge in [0.25, 0.3) is 0 Å². The summed E-state index contributed by atoms with van der Waals surface area (Å²) in [5, 5.41) is 18.5. The van der Waals surface area contributed by atoms with Crippen LogP contribution in [0.4, 0.5) is 29.5 Å². The Bertz CT molecular complexity index is 2500. The average Bonchev–Trinajstić information content (AvgIpc) is 3.71. The molecule has 0 unspecified atom stereocenters. The molecule has 0 spiro atoms. The molecule has 3 aromatic carbocycles. The zero-order valence-corrected chi connectivity index (χ0v) is 35.1. The third kappa shape index (κ3) is 11.1. The Balaban J connectivity index is 0.000000150. The van der Waals surface area contributed by atoms with Crippen LogP contribution >= 0.6 is 23.2 Å². The zero-order chi connectivity index (χ0) is 42.1. The normalized spacial score (nSPS) is 12.9. The zero-order valence-electron chi connectivity index (χ0n) is 33.6. The highest BCUT2D eigenvalue weighted by atomic mass is 35.5. The molecule has 1 aliphatic carbocycles. The molecule has 10 N–H and O–H groups in total. The number of aryl methyl sites for hydroxylation is 1. The molecule has 0 radical (unpaired) electrons. The van der Waals surface area contributed by atoms with Crippen molar-refractivity contribution in [3.8, 4) is 33.8 Å². The smallest absolute Gasteiger partial charge is 0.222 e. The molecule has 306 valence electrons. The van der Waals surface area contributed by atoms with Crippen LogP contribution in [0.5, 0.6) is 0 Å². The minimum absolute atomic E-state index is 0.229. The molecule has 4 heterocycles. The van der Waals surface area contributed by atoms with Gasteiger partial charge in [0.15, 0.2) is 0 Å². The van der Waals surface area contributed by atoms with Gasteiger partial charge in [-0.1, -0.05) is 97.9 Å². The molecule has 1 aliphatic rings. The van der Waals surface area contributed by atoms with E-state index in [9.17, 15) is 5.11 Å². The summed E-state index contributed by atoms with van der Waals surface area (Å²) in [5.74, 6) is 2.24. The molecule has 8 rings (SSSR count). The van der Waals surface area contributed by atoms with Gasteiger partial charge in [-0.2, -0.15) is 9.97 Å². The Labute approximate surface area is 354 Å². The fraction of sp³-hybridized carbons (Fsp3) is 0.273. The van der Waals surface area contributed by atoms with Crippen molar-refractivity contribution in [2.24, 2.45) is 0 Å². The van der Waals surface area contributed by atoms with E-state index >= 15 is 0 Å². The first-order chi connectivity index (χ1) is 28.3. The van der Waals surface area contributed by atoms with E-state index in [1.54, 1.807) is 19.9 Å². The van der Waals surface area contributed by atoms with E-state index in [1.807, 2.05) is 99.0 Å². The van der Waals surface area contributed by atoms with Gasteiger partial charge in [-0.25, -0.2) is 19.9 Å². The third-order valence-electron chi connectivity index (χ3n) is 9.84. The summed E-state index contributed by atoms with van der Waals surface area (Å²) < 4.78 is 0. The van der Waals surface area contributed by atoms with Crippen LogP contribution in [0.25, 0.3) is 44.7 Å². The maximum atomic E-state index is 9.93. The van der Waals surface area contributed by atoms with Crippen molar-refractivity contribution in [1.29, 1.82) is 0 Å². The van der Waals surface area contributed by atoms with Crippen molar-refractivity contribution in [2.45, 2.75) is 70.9 Å². The van der Waals surface area contributed by atoms with Crippen LogP contribution < -0.4 is 27.8 Å². The maximum Gasteiger partial charge on any atom is 0.222 e. The summed E-state index contributed by atoms with van der Waals surface area (Å²) in [7, 11) is 1.81. The lowest BCUT2D eigenvalue weighted by Gasteiger charge is -2.23. The third-order valence-corrected chi connectivity index (χ3v) is 10.7. The molecule has 15 heteroatoms. The van der Waals surface area contributed by atoms with Gasteiger partial charge in [0.1, 0.15) is 11.6 Å². The minimum atomic E-state index is -0.836. The molecule has 13 nitrogen and oxygen atoms in total. The van der Waals surface area contributed by atoms with E-state index in [1.165, 1.54) is 19.3 Å². The van der Waals surface area contributed by atoms with Crippen molar-refractivity contribution in [3.63, 3.8) is 0 Å². The van der Waals surface area contributed by atoms with E-state index in [-0.39, 0.29) is 11.9 Å². The number of hydrogen-bond donors (Lipinski definition) is 7. The van der Waals surface area contributed by atoms with Gasteiger partial charge in [0, 0.05) is 64.7 Å². The number of aromatic amines is 1. The first-order valence-electron chi connectivity index (χ1n) is 19.5. The van der Waals surface area contributed by atoms with Crippen LogP contribution in [0.15, 0.2) is 91.1 Å². The monoisotopic (exact) mass is 832 g/mol. The lowest BCUT2D eigenvalue weighted by molar-refractivity contribution is 0.0786. The second-order valence-electron chi connectivity index (χ2n) is 14.7. The fourth-order valence-corrected chi connectivity index (χ4v) is 7.17. The number of aliphatic hydroxyl groups is 1. The van der Waals surface area contributed by atoms with E-state index in [4.69, 9.17) is 40.4 Å². The van der Waals surface area contributed by atoms with Crippen molar-refractivity contribution >= 4 is 63.6 Å². The number of fused-ring (bicyclic) bond motifs is 1. The predicted octanol–water partition coefficient (Wildman–Crippen LogP) is 9.54. The molecule has 0 atom stereocenters. The highest BCUT2D eigenvalue weighted by molar-refractivity contribution is 6.43. The summed E-state index contributed by atoms with van der Waals surface area (Å²) in [6, 6.07) is 27.4. The number of nitrogens with one attached hydrogen (secondary N) is 3. The highest BCUT2D eigenvalue weighted by Crippen LogP contribution is 2.34. The fourth-order valence-electron chi connectivity index (χ4n) is 6.77. The van der Waals surface area contributed by atoms with Crippen LogP contribution in [-0.2, 0) is 12.0 Å². The number of rotatable bonds is 8. The molecule has 59 heavy (non-hydrogen) atoms. The van der Waals surface area contributed by atoms with E-state index < -0.39 is 5.60 Å². The number of nitrogens with zero attached hydrogens (tertiary/aromatic N) is 6. The molecule has 0 aliphatic heterocycles. The molecular weight excluding hydrogens is 783 g/mol. The number of benzene rings is 3. The Morgan fingerprint density at radius 2 is 1.34 bits per heavy atom. The van der Waals surface area contributed by atoms with Gasteiger partial charge in [-0.3, -0.25) is 0 Å². The number of halogens is 2. The quantitative estimate of drug-likeness (QED) is 0.0762. The van der Waals surface area contributed by atoms with Crippen molar-refractivity contribution in [2.75, 3.05) is 34.9 Å². The van der Waals surface area contributed by atoms with E-state index in [0.29, 0.717) is 33.5 Å². The van der Waals surface area contributed by atoms with Gasteiger partial charge in [-0.15, -0.1) is 0 Å². The summed E-state index contributed by atoms with van der Waals surface area (Å²) in [5.41, 5.74) is 24.4. The lowest BCUT2D eigenvalue weighted by Crippen LogP contribution is -2.23. The number of hydrogen-bond acceptors (Lipinski definition) is 12. The van der Waals surface area contributed by atoms with Gasteiger partial charge >= 0.3 is 0 Å². The van der Waals surface area contributed by atoms with Crippen LogP contribution in [0.2, 0.25) is 10.0 Å². The number of anilines is 5. The largest absolute Gasteiger partial charge is 0.386 e. The van der Waals surface area contributed by atoms with Crippen LogP contribution in [0, 0.1) is 0 Å². The summed E-state index contributed by atoms with van der Waals surface area (Å²) in [6.45, 7) is 5.56. The molecule has 1 saturated carbocycles. The first kappa shape index (κ1) is 42.6. The maximum absolute atomic E-state index is 9.93. The SMILES string of the molecule is CCc1cc(-c2ccc(C(C)(C)O)cc2)nc(N)n1.CNc1cc(-c2cccc3[nH]ccc23)nc(N)n1.Nc1nc(NC2CCCCC2)cc(-c2cccc(Cl)c2Cl)n1. The van der Waals surface area contributed by atoms with Crippen LogP contribution in [0.3, 0.4) is 0 Å². The van der Waals surface area contributed by atoms with Crippen molar-refractivity contribution in [3.05, 3.63) is 112 Å². The number of nitrogens with two attached hydrogens (primary N) is 3. The lowest BCUT2D eigenvalue weighted by atomic mass is 9.95. The molecule has 1 fully saturated rings. The standard InChI is InChI=1S/C16H18Cl2N4.C15H19N3O.C13H13N5/c17-12-8-4-7-11(15(12)18)13-9-14(22-16(19)21-13)20-10-5-2-1-3-6-10;1-4-12-9-13(18-14(16)17-12)10-5-7-11(8-6-10)15(2,3)19;1-15-12-7-11(17-13(14)18-12)8-3-2-4-10-9(8)5-6-16-10/h4,7-10H,1-3,5-6H2,(H3,19,20,21,22);5-9,19H,4H2,1-3H3,(H2,16,17,18);2-7,16H,1H3,(H3,14,15,17,18). The van der Waals surface area contributed by atoms with Crippen molar-refractivity contribution < 1.29 is 5.11 Å². The Morgan fingerprint density at radius 3 is 2.02 bits per heavy atom. The minimum Gasteiger partial charge on any atom is -0.386 e. The van der Waals surface area contributed by atoms with Crippen LogP contribution in [0.1, 0.15) is 64.1 Å². The average molecular weight is 834 g/mol. The summed E-state index contributed by atoms with van der Waals surface area (Å²) in [6.07, 6.45) is 8.89. The second kappa shape index (κ2) is 19.2.